The van der Waals surface area contributed by atoms with Gasteiger partial charge in [-0.15, -0.1) is 12.4 Å². The zero-order valence-corrected chi connectivity index (χ0v) is 12.2. The minimum absolute atomic E-state index is 0. The first-order valence-corrected chi connectivity index (χ1v) is 6.19. The van der Waals surface area contributed by atoms with Crippen LogP contribution in [0, 0.1) is 0 Å². The molecule has 1 heterocycles. The lowest BCUT2D eigenvalue weighted by Gasteiger charge is -2.08. The Labute approximate surface area is 128 Å². The number of nitrogens with zero attached hydrogens (tertiary/aromatic N) is 2. The van der Waals surface area contributed by atoms with Gasteiger partial charge in [0, 0.05) is 11.1 Å². The second-order valence-electron chi connectivity index (χ2n) is 4.30. The van der Waals surface area contributed by atoms with Crippen molar-refractivity contribution in [2.24, 2.45) is 0 Å². The van der Waals surface area contributed by atoms with Crippen molar-refractivity contribution in [3.8, 4) is 5.75 Å². The van der Waals surface area contributed by atoms with Crippen molar-refractivity contribution in [3.05, 3.63) is 48.5 Å². The number of para-hydroxylation sites is 1. The molecule has 0 bridgehead atoms. The van der Waals surface area contributed by atoms with E-state index in [-0.39, 0.29) is 12.4 Å². The van der Waals surface area contributed by atoms with Crippen LogP contribution < -0.4 is 15.8 Å². The highest BCUT2D eigenvalue weighted by Crippen LogP contribution is 2.22. The van der Waals surface area contributed by atoms with Crippen LogP contribution >= 0.6 is 12.4 Å². The van der Waals surface area contributed by atoms with E-state index >= 15 is 0 Å². The zero-order chi connectivity index (χ0) is 13.9. The van der Waals surface area contributed by atoms with Gasteiger partial charge in [0.05, 0.1) is 12.6 Å². The summed E-state index contributed by atoms with van der Waals surface area (Å²) in [5.41, 5.74) is 7.64. The molecule has 0 unspecified atom stereocenters. The molecule has 0 radical (unpaired) electrons. The summed E-state index contributed by atoms with van der Waals surface area (Å²) >= 11 is 0. The van der Waals surface area contributed by atoms with Crippen LogP contribution in [0.4, 0.5) is 17.5 Å². The number of nitrogen functional groups attached to an aromatic ring is 1. The van der Waals surface area contributed by atoms with Crippen LogP contribution in [0.25, 0.3) is 10.9 Å². The molecule has 3 N–H and O–H groups in total. The third-order valence-corrected chi connectivity index (χ3v) is 2.98. The van der Waals surface area contributed by atoms with Crippen LogP contribution in [0.3, 0.4) is 0 Å². The molecule has 0 saturated heterocycles. The van der Waals surface area contributed by atoms with Gasteiger partial charge in [0.2, 0.25) is 5.95 Å². The third-order valence-electron chi connectivity index (χ3n) is 2.98. The molecule has 0 spiro atoms. The van der Waals surface area contributed by atoms with Crippen LogP contribution in [-0.4, -0.2) is 17.1 Å². The number of nitrogens with two attached hydrogens (primary N) is 1. The lowest BCUT2D eigenvalue weighted by Crippen LogP contribution is -2.01. The number of aromatic nitrogens is 2. The predicted octanol–water partition coefficient (Wildman–Crippen LogP) is 3.39. The van der Waals surface area contributed by atoms with E-state index < -0.39 is 0 Å². The Balaban J connectivity index is 0.00000161. The van der Waals surface area contributed by atoms with Gasteiger partial charge in [-0.3, -0.25) is 0 Å². The van der Waals surface area contributed by atoms with Crippen LogP contribution in [-0.2, 0) is 0 Å². The molecule has 0 aliphatic carbocycles. The molecule has 0 atom stereocenters. The van der Waals surface area contributed by atoms with E-state index in [1.165, 1.54) is 0 Å². The fourth-order valence-electron chi connectivity index (χ4n) is 1.96. The summed E-state index contributed by atoms with van der Waals surface area (Å²) in [6.45, 7) is 0. The minimum atomic E-state index is 0. The van der Waals surface area contributed by atoms with E-state index in [9.17, 15) is 0 Å². The topological polar surface area (TPSA) is 73.1 Å². The largest absolute Gasteiger partial charge is 0.497 e. The van der Waals surface area contributed by atoms with Crippen LogP contribution in [0.1, 0.15) is 0 Å². The van der Waals surface area contributed by atoms with E-state index in [0.717, 1.165) is 22.3 Å². The van der Waals surface area contributed by atoms with Crippen molar-refractivity contribution in [2.45, 2.75) is 0 Å². The lowest BCUT2D eigenvalue weighted by molar-refractivity contribution is 0.415. The average molecular weight is 303 g/mol. The minimum Gasteiger partial charge on any atom is -0.497 e. The summed E-state index contributed by atoms with van der Waals surface area (Å²) in [7, 11) is 1.63. The number of halogens is 1. The Morgan fingerprint density at radius 1 is 1.00 bits per heavy atom. The molecule has 0 fully saturated rings. The Morgan fingerprint density at radius 2 is 1.71 bits per heavy atom. The SMILES string of the molecule is COc1ccc(Nc2nc(N)c3ccccc3n2)cc1.Cl. The van der Waals surface area contributed by atoms with Gasteiger partial charge in [-0.1, -0.05) is 12.1 Å². The van der Waals surface area contributed by atoms with Gasteiger partial charge in [0.15, 0.2) is 0 Å². The van der Waals surface area contributed by atoms with Crippen molar-refractivity contribution in [3.63, 3.8) is 0 Å². The van der Waals surface area contributed by atoms with Gasteiger partial charge in [-0.2, -0.15) is 4.98 Å². The van der Waals surface area contributed by atoms with E-state index in [1.807, 2.05) is 48.5 Å². The number of anilines is 3. The molecular formula is C15H15ClN4O. The fourth-order valence-corrected chi connectivity index (χ4v) is 1.96. The number of hydrogen-bond donors (Lipinski definition) is 2. The number of methoxy groups -OCH3 is 1. The lowest BCUT2D eigenvalue weighted by atomic mass is 10.2. The van der Waals surface area contributed by atoms with E-state index in [0.29, 0.717) is 11.8 Å². The molecule has 5 nitrogen and oxygen atoms in total. The summed E-state index contributed by atoms with van der Waals surface area (Å²) in [4.78, 5) is 8.70. The Bertz CT molecular complexity index is 746. The number of rotatable bonds is 3. The van der Waals surface area contributed by atoms with Gasteiger partial charge >= 0.3 is 0 Å². The molecule has 0 aliphatic rings. The maximum Gasteiger partial charge on any atom is 0.229 e. The van der Waals surface area contributed by atoms with Crippen molar-refractivity contribution >= 4 is 40.8 Å². The van der Waals surface area contributed by atoms with Crippen molar-refractivity contribution in [1.29, 1.82) is 0 Å². The Kier molecular flexibility index (Phi) is 4.45. The molecule has 0 aliphatic heterocycles. The molecule has 0 amide bonds. The Morgan fingerprint density at radius 3 is 2.43 bits per heavy atom. The molecule has 21 heavy (non-hydrogen) atoms. The maximum absolute atomic E-state index is 5.95. The molecule has 2 aromatic carbocycles. The fraction of sp³-hybridized carbons (Fsp3) is 0.0667. The van der Waals surface area contributed by atoms with Crippen molar-refractivity contribution < 1.29 is 4.74 Å². The first-order valence-electron chi connectivity index (χ1n) is 6.19. The molecule has 6 heteroatoms. The summed E-state index contributed by atoms with van der Waals surface area (Å²) in [6.07, 6.45) is 0. The Hall–Kier alpha value is -2.53. The van der Waals surface area contributed by atoms with Crippen molar-refractivity contribution in [1.82, 2.24) is 9.97 Å². The molecule has 1 aromatic heterocycles. The van der Waals surface area contributed by atoms with Crippen molar-refractivity contribution in [2.75, 3.05) is 18.2 Å². The van der Waals surface area contributed by atoms with E-state index in [1.54, 1.807) is 7.11 Å². The van der Waals surface area contributed by atoms with Crippen LogP contribution in [0.2, 0.25) is 0 Å². The third kappa shape index (κ3) is 3.14. The maximum atomic E-state index is 5.95. The summed E-state index contributed by atoms with van der Waals surface area (Å²) in [5, 5.41) is 3.98. The van der Waals surface area contributed by atoms with Gasteiger partial charge in [0.25, 0.3) is 0 Å². The highest BCUT2D eigenvalue weighted by atomic mass is 35.5. The first-order chi connectivity index (χ1) is 9.76. The average Bonchev–Trinajstić information content (AvgIpc) is 2.48. The molecular weight excluding hydrogens is 288 g/mol. The number of fused-ring (bicyclic) bond motifs is 1. The second-order valence-corrected chi connectivity index (χ2v) is 4.30. The van der Waals surface area contributed by atoms with Gasteiger partial charge < -0.3 is 15.8 Å². The molecule has 3 aromatic rings. The summed E-state index contributed by atoms with van der Waals surface area (Å²) < 4.78 is 5.12. The summed E-state index contributed by atoms with van der Waals surface area (Å²) in [6, 6.07) is 15.2. The van der Waals surface area contributed by atoms with E-state index in [4.69, 9.17) is 10.5 Å². The highest BCUT2D eigenvalue weighted by molar-refractivity contribution is 5.89. The van der Waals surface area contributed by atoms with Gasteiger partial charge in [0.1, 0.15) is 11.6 Å². The number of nitrogens with one attached hydrogen (secondary N) is 1. The highest BCUT2D eigenvalue weighted by Gasteiger charge is 2.04. The number of benzene rings is 2. The second kappa shape index (κ2) is 6.28. The summed E-state index contributed by atoms with van der Waals surface area (Å²) in [5.74, 6) is 1.74. The van der Waals surface area contributed by atoms with Crippen LogP contribution in [0.15, 0.2) is 48.5 Å². The first kappa shape index (κ1) is 14.9. The zero-order valence-electron chi connectivity index (χ0n) is 11.4. The predicted molar refractivity (Wildman–Crippen MR) is 87.5 cm³/mol. The van der Waals surface area contributed by atoms with E-state index in [2.05, 4.69) is 15.3 Å². The normalized spacial score (nSPS) is 9.95. The standard InChI is InChI=1S/C15H14N4O.ClH/c1-20-11-8-6-10(7-9-11)17-15-18-13-5-3-2-4-12(13)14(16)19-15;/h2-9H,1H3,(H3,16,17,18,19);1H. The monoisotopic (exact) mass is 302 g/mol. The number of ether oxygens (including phenoxy) is 1. The quantitative estimate of drug-likeness (QED) is 0.776. The molecule has 108 valence electrons. The molecule has 3 rings (SSSR count). The molecule has 0 saturated carbocycles. The van der Waals surface area contributed by atoms with Crippen LogP contribution in [0.5, 0.6) is 5.75 Å². The number of hydrogen-bond acceptors (Lipinski definition) is 5. The van der Waals surface area contributed by atoms with Gasteiger partial charge in [-0.05, 0) is 36.4 Å². The smallest absolute Gasteiger partial charge is 0.229 e. The van der Waals surface area contributed by atoms with Gasteiger partial charge in [-0.25, -0.2) is 4.98 Å².